The van der Waals surface area contributed by atoms with Crippen LogP contribution in [0.4, 0.5) is 5.82 Å². The van der Waals surface area contributed by atoms with Gasteiger partial charge in [0.2, 0.25) is 0 Å². The average molecular weight is 451 g/mol. The summed E-state index contributed by atoms with van der Waals surface area (Å²) >= 11 is 0. The molecule has 4 rings (SSSR count). The van der Waals surface area contributed by atoms with Crippen LogP contribution >= 0.6 is 7.60 Å². The van der Waals surface area contributed by atoms with Gasteiger partial charge in [-0.25, -0.2) is 4.98 Å². The number of hydrogen-bond acceptors (Lipinski definition) is 5. The fourth-order valence-corrected chi connectivity index (χ4v) is 4.47. The maximum absolute atomic E-state index is 11.2. The molecule has 0 saturated carbocycles. The number of hydrogen-bond donors (Lipinski definition) is 3. The highest BCUT2D eigenvalue weighted by atomic mass is 31.2. The monoisotopic (exact) mass is 451 g/mol. The van der Waals surface area contributed by atoms with Gasteiger partial charge < -0.3 is 20.3 Å². The highest BCUT2D eigenvalue weighted by molar-refractivity contribution is 7.51. The third-order valence-electron chi connectivity index (χ3n) is 5.70. The molecule has 0 fully saturated rings. The van der Waals surface area contributed by atoms with Gasteiger partial charge in [-0.05, 0) is 72.7 Å². The molecule has 2 aromatic carbocycles. The minimum absolute atomic E-state index is 0.196. The van der Waals surface area contributed by atoms with E-state index >= 15 is 0 Å². The molecule has 0 aliphatic heterocycles. The molecule has 0 radical (unpaired) electrons. The van der Waals surface area contributed by atoms with E-state index in [1.165, 1.54) is 11.1 Å². The summed E-state index contributed by atoms with van der Waals surface area (Å²) in [5.41, 5.74) is 11.9. The Morgan fingerprint density at radius 1 is 1.00 bits per heavy atom. The Morgan fingerprint density at radius 2 is 1.81 bits per heavy atom. The van der Waals surface area contributed by atoms with Gasteiger partial charge >= 0.3 is 7.60 Å². The van der Waals surface area contributed by atoms with E-state index in [4.69, 9.17) is 20.3 Å². The SMILES string of the molecule is COc1ccc(CCc2cnc3c(N)nc4cc(CCP(=O)(O)O)ccc4c3c2)c(C)c1. The molecule has 4 N–H and O–H groups in total. The number of aromatic nitrogens is 2. The molecule has 0 aliphatic carbocycles. The van der Waals surface area contributed by atoms with Crippen molar-refractivity contribution in [3.8, 4) is 5.75 Å². The molecule has 7 nitrogen and oxygen atoms in total. The van der Waals surface area contributed by atoms with Crippen molar-refractivity contribution in [3.63, 3.8) is 0 Å². The summed E-state index contributed by atoms with van der Waals surface area (Å²) in [6.07, 6.45) is 3.64. The summed E-state index contributed by atoms with van der Waals surface area (Å²) in [5, 5.41) is 1.85. The van der Waals surface area contributed by atoms with Gasteiger partial charge in [0, 0.05) is 17.0 Å². The predicted molar refractivity (Wildman–Crippen MR) is 127 cm³/mol. The predicted octanol–water partition coefficient (Wildman–Crippen LogP) is 4.19. The van der Waals surface area contributed by atoms with Crippen molar-refractivity contribution in [3.05, 3.63) is 70.9 Å². The maximum atomic E-state index is 11.2. The number of ether oxygens (including phenoxy) is 1. The van der Waals surface area contributed by atoms with E-state index in [9.17, 15) is 4.57 Å². The van der Waals surface area contributed by atoms with Gasteiger partial charge in [0.1, 0.15) is 11.3 Å². The van der Waals surface area contributed by atoms with Crippen LogP contribution in [0.25, 0.3) is 21.8 Å². The third kappa shape index (κ3) is 4.91. The molecule has 0 atom stereocenters. The standard InChI is InChI=1S/C24H26N3O4P/c1-15-11-19(31-2)7-6-18(15)5-3-17-12-21-20-8-4-16(9-10-32(28,29)30)13-22(20)27-24(25)23(21)26-14-17/h4,6-8,11-14H,3,5,9-10H2,1-2H3,(H2,25,27)(H2,28,29,30). The highest BCUT2D eigenvalue weighted by Crippen LogP contribution is 2.35. The van der Waals surface area contributed by atoms with Gasteiger partial charge in [-0.1, -0.05) is 18.2 Å². The third-order valence-corrected chi connectivity index (χ3v) is 6.51. The van der Waals surface area contributed by atoms with Crippen LogP contribution in [0.2, 0.25) is 0 Å². The first-order valence-electron chi connectivity index (χ1n) is 10.4. The van der Waals surface area contributed by atoms with Crippen LogP contribution in [-0.4, -0.2) is 33.0 Å². The molecule has 166 valence electrons. The second-order valence-corrected chi connectivity index (χ2v) is 9.80. The quantitative estimate of drug-likeness (QED) is 0.285. The highest BCUT2D eigenvalue weighted by Gasteiger charge is 2.14. The lowest BCUT2D eigenvalue weighted by Crippen LogP contribution is -2.00. The van der Waals surface area contributed by atoms with Crippen LogP contribution in [0.3, 0.4) is 0 Å². The summed E-state index contributed by atoms with van der Waals surface area (Å²) in [6.45, 7) is 2.08. The van der Waals surface area contributed by atoms with Crippen molar-refractivity contribution in [1.29, 1.82) is 0 Å². The number of nitrogen functional groups attached to an aromatic ring is 1. The first kappa shape index (κ1) is 22.2. The average Bonchev–Trinajstić information content (AvgIpc) is 2.76. The van der Waals surface area contributed by atoms with Gasteiger partial charge in [-0.15, -0.1) is 0 Å². The molecule has 0 unspecified atom stereocenters. The number of benzene rings is 2. The summed E-state index contributed by atoms with van der Waals surface area (Å²) in [5.74, 6) is 1.20. The Labute approximate surface area is 186 Å². The van der Waals surface area contributed by atoms with E-state index in [-0.39, 0.29) is 12.6 Å². The Morgan fingerprint density at radius 3 is 2.53 bits per heavy atom. The topological polar surface area (TPSA) is 119 Å². The lowest BCUT2D eigenvalue weighted by Gasteiger charge is -2.11. The maximum Gasteiger partial charge on any atom is 0.325 e. The van der Waals surface area contributed by atoms with Crippen molar-refractivity contribution in [2.24, 2.45) is 0 Å². The second-order valence-electron chi connectivity index (χ2n) is 8.02. The van der Waals surface area contributed by atoms with Crippen LogP contribution in [-0.2, 0) is 23.8 Å². The zero-order valence-corrected chi connectivity index (χ0v) is 19.0. The fraction of sp³-hybridized carbons (Fsp3) is 0.250. The van der Waals surface area contributed by atoms with E-state index in [0.717, 1.165) is 40.5 Å². The zero-order chi connectivity index (χ0) is 22.9. The number of nitrogens with zero attached hydrogens (tertiary/aromatic N) is 2. The molecule has 32 heavy (non-hydrogen) atoms. The molecule has 2 aromatic heterocycles. The summed E-state index contributed by atoms with van der Waals surface area (Å²) in [4.78, 5) is 27.3. The largest absolute Gasteiger partial charge is 0.497 e. The van der Waals surface area contributed by atoms with Crippen LogP contribution in [0.1, 0.15) is 22.3 Å². The van der Waals surface area contributed by atoms with Gasteiger partial charge in [-0.3, -0.25) is 9.55 Å². The van der Waals surface area contributed by atoms with Crippen molar-refractivity contribution in [2.45, 2.75) is 26.2 Å². The molecule has 0 bridgehead atoms. The van der Waals surface area contributed by atoms with E-state index in [1.807, 2.05) is 36.5 Å². The summed E-state index contributed by atoms with van der Waals surface area (Å²) in [6, 6.07) is 13.9. The molecular formula is C24H26N3O4P. The molecule has 8 heteroatoms. The van der Waals surface area contributed by atoms with E-state index in [0.29, 0.717) is 16.9 Å². The number of nitrogens with two attached hydrogens (primary N) is 1. The number of methoxy groups -OCH3 is 1. The van der Waals surface area contributed by atoms with Crippen molar-refractivity contribution in [2.75, 3.05) is 19.0 Å². The molecule has 0 amide bonds. The minimum atomic E-state index is -4.05. The van der Waals surface area contributed by atoms with Crippen molar-refractivity contribution < 1.29 is 19.1 Å². The minimum Gasteiger partial charge on any atom is -0.497 e. The summed E-state index contributed by atoms with van der Waals surface area (Å²) < 4.78 is 16.5. The zero-order valence-electron chi connectivity index (χ0n) is 18.1. The molecule has 0 spiro atoms. The molecule has 0 saturated heterocycles. The Kier molecular flexibility index (Phi) is 6.15. The van der Waals surface area contributed by atoms with Crippen LogP contribution in [0.5, 0.6) is 5.75 Å². The number of aryl methyl sites for hydroxylation is 4. The van der Waals surface area contributed by atoms with Crippen molar-refractivity contribution in [1.82, 2.24) is 9.97 Å². The summed E-state index contributed by atoms with van der Waals surface area (Å²) in [7, 11) is -2.38. The van der Waals surface area contributed by atoms with Crippen LogP contribution in [0.15, 0.2) is 48.7 Å². The van der Waals surface area contributed by atoms with E-state index < -0.39 is 7.60 Å². The molecule has 2 heterocycles. The van der Waals surface area contributed by atoms with Gasteiger partial charge in [0.15, 0.2) is 5.82 Å². The van der Waals surface area contributed by atoms with Gasteiger partial charge in [0.05, 0.1) is 18.8 Å². The number of anilines is 1. The smallest absolute Gasteiger partial charge is 0.325 e. The molecule has 0 aliphatic rings. The Hall–Kier alpha value is -2.99. The van der Waals surface area contributed by atoms with Gasteiger partial charge in [0.25, 0.3) is 0 Å². The Bertz CT molecular complexity index is 1350. The lowest BCUT2D eigenvalue weighted by atomic mass is 9.99. The normalized spacial score (nSPS) is 11.9. The van der Waals surface area contributed by atoms with Crippen LogP contribution in [0, 0.1) is 6.92 Å². The molecular weight excluding hydrogens is 425 g/mol. The second kappa shape index (κ2) is 8.87. The Balaban J connectivity index is 1.64. The first-order chi connectivity index (χ1) is 15.2. The first-order valence-corrected chi connectivity index (χ1v) is 12.2. The van der Waals surface area contributed by atoms with Gasteiger partial charge in [-0.2, -0.15) is 0 Å². The number of pyridine rings is 2. The molecule has 4 aromatic rings. The van der Waals surface area contributed by atoms with E-state index in [2.05, 4.69) is 29.0 Å². The fourth-order valence-electron chi connectivity index (χ4n) is 3.92. The lowest BCUT2D eigenvalue weighted by molar-refractivity contribution is 0.373. The number of rotatable bonds is 7. The van der Waals surface area contributed by atoms with E-state index in [1.54, 1.807) is 7.11 Å². The number of fused-ring (bicyclic) bond motifs is 3. The van der Waals surface area contributed by atoms with Crippen LogP contribution < -0.4 is 10.5 Å². The van der Waals surface area contributed by atoms with Crippen molar-refractivity contribution >= 4 is 35.2 Å².